The first-order valence-corrected chi connectivity index (χ1v) is 9.87. The van der Waals surface area contributed by atoms with Crippen LogP contribution in [0.25, 0.3) is 0 Å². The molecule has 0 unspecified atom stereocenters. The number of hydrogen-bond donors (Lipinski definition) is 0. The lowest BCUT2D eigenvalue weighted by molar-refractivity contribution is -0.134. The van der Waals surface area contributed by atoms with Gasteiger partial charge in [0.15, 0.2) is 0 Å². The van der Waals surface area contributed by atoms with Gasteiger partial charge < -0.3 is 14.2 Å². The smallest absolute Gasteiger partial charge is 0.310 e. The van der Waals surface area contributed by atoms with E-state index in [1.54, 1.807) is 13.0 Å². The molecule has 4 nitrogen and oxygen atoms in total. The number of hydrogen-bond acceptors (Lipinski definition) is 4. The van der Waals surface area contributed by atoms with Gasteiger partial charge in [0.25, 0.3) is 0 Å². The molecule has 1 aliphatic rings. The number of carbonyl (C=O) groups excluding carboxylic acids is 1. The number of ether oxygens (including phenoxy) is 3. The third kappa shape index (κ3) is 4.82. The molecule has 0 atom stereocenters. The monoisotopic (exact) mass is 368 g/mol. The summed E-state index contributed by atoms with van der Waals surface area (Å²) in [7, 11) is 0. The normalized spacial score (nSPS) is 13.3. The molecule has 4 heteroatoms. The second-order valence-corrected chi connectivity index (χ2v) is 6.78. The molecule has 0 heterocycles. The molecule has 0 aromatic heterocycles. The van der Waals surface area contributed by atoms with Crippen LogP contribution in [0.15, 0.2) is 36.4 Å². The fourth-order valence-electron chi connectivity index (χ4n) is 3.08. The average molecular weight is 368 g/mol. The molecule has 0 bridgehead atoms. The Morgan fingerprint density at radius 1 is 1.00 bits per heavy atom. The fraction of sp³-hybridized carbons (Fsp3) is 0.435. The maximum absolute atomic E-state index is 11.8. The summed E-state index contributed by atoms with van der Waals surface area (Å²) in [5.74, 6) is 2.44. The minimum atomic E-state index is -0.268. The Morgan fingerprint density at radius 3 is 2.44 bits per heavy atom. The summed E-state index contributed by atoms with van der Waals surface area (Å²) in [6.07, 6.45) is 3.78. The highest BCUT2D eigenvalue weighted by Crippen LogP contribution is 2.45. The molecule has 1 fully saturated rings. The van der Waals surface area contributed by atoms with E-state index in [2.05, 4.69) is 25.1 Å². The SMILES string of the molecule is CCOc1cccc(OC(=O)CC)c1COc1ccc(CC)cc1C1CC1. The van der Waals surface area contributed by atoms with Crippen LogP contribution in [0.1, 0.15) is 62.6 Å². The molecule has 0 aliphatic heterocycles. The first kappa shape index (κ1) is 19.3. The summed E-state index contributed by atoms with van der Waals surface area (Å²) in [6, 6.07) is 11.9. The van der Waals surface area contributed by atoms with Gasteiger partial charge in [-0.2, -0.15) is 0 Å². The molecule has 0 saturated heterocycles. The number of aryl methyl sites for hydroxylation is 1. The predicted octanol–water partition coefficient (Wildman–Crippen LogP) is 5.42. The van der Waals surface area contributed by atoms with Crippen molar-refractivity contribution >= 4 is 5.97 Å². The van der Waals surface area contributed by atoms with E-state index in [4.69, 9.17) is 14.2 Å². The highest BCUT2D eigenvalue weighted by atomic mass is 16.5. The summed E-state index contributed by atoms with van der Waals surface area (Å²) < 4.78 is 17.4. The van der Waals surface area contributed by atoms with E-state index < -0.39 is 0 Å². The van der Waals surface area contributed by atoms with E-state index in [0.717, 1.165) is 17.7 Å². The molecule has 1 saturated carbocycles. The molecule has 2 aromatic carbocycles. The van der Waals surface area contributed by atoms with Gasteiger partial charge in [-0.05, 0) is 61.4 Å². The Balaban J connectivity index is 1.85. The lowest BCUT2D eigenvalue weighted by Gasteiger charge is -2.17. The molecule has 0 N–H and O–H groups in total. The van der Waals surface area contributed by atoms with Crippen molar-refractivity contribution < 1.29 is 19.0 Å². The van der Waals surface area contributed by atoms with Gasteiger partial charge in [-0.15, -0.1) is 0 Å². The molecule has 27 heavy (non-hydrogen) atoms. The van der Waals surface area contributed by atoms with Crippen molar-refractivity contribution in [2.75, 3.05) is 6.61 Å². The number of rotatable bonds is 9. The molecular weight excluding hydrogens is 340 g/mol. The Morgan fingerprint density at radius 2 is 1.78 bits per heavy atom. The van der Waals surface area contributed by atoms with Crippen LogP contribution >= 0.6 is 0 Å². The third-order valence-electron chi connectivity index (χ3n) is 4.77. The topological polar surface area (TPSA) is 44.8 Å². The zero-order valence-electron chi connectivity index (χ0n) is 16.4. The lowest BCUT2D eigenvalue weighted by atomic mass is 10.0. The molecule has 2 aromatic rings. The minimum Gasteiger partial charge on any atom is -0.493 e. The van der Waals surface area contributed by atoms with Crippen molar-refractivity contribution in [1.29, 1.82) is 0 Å². The summed E-state index contributed by atoms with van der Waals surface area (Å²) in [5.41, 5.74) is 3.38. The second kappa shape index (κ2) is 8.94. The number of benzene rings is 2. The molecule has 0 spiro atoms. The highest BCUT2D eigenvalue weighted by molar-refractivity contribution is 5.72. The highest BCUT2D eigenvalue weighted by Gasteiger charge is 2.27. The van der Waals surface area contributed by atoms with Gasteiger partial charge >= 0.3 is 5.97 Å². The van der Waals surface area contributed by atoms with Crippen LogP contribution in [-0.4, -0.2) is 12.6 Å². The van der Waals surface area contributed by atoms with E-state index in [-0.39, 0.29) is 5.97 Å². The molecular formula is C23H28O4. The zero-order valence-corrected chi connectivity index (χ0v) is 16.4. The van der Waals surface area contributed by atoms with Gasteiger partial charge in [-0.1, -0.05) is 32.0 Å². The van der Waals surface area contributed by atoms with Crippen LogP contribution in [0, 0.1) is 0 Å². The van der Waals surface area contributed by atoms with Gasteiger partial charge in [0.05, 0.1) is 12.2 Å². The van der Waals surface area contributed by atoms with Crippen molar-refractivity contribution in [3.8, 4) is 17.2 Å². The average Bonchev–Trinajstić information content (AvgIpc) is 3.52. The third-order valence-corrected chi connectivity index (χ3v) is 4.77. The predicted molar refractivity (Wildman–Crippen MR) is 106 cm³/mol. The number of carbonyl (C=O) groups is 1. The minimum absolute atomic E-state index is 0.268. The van der Waals surface area contributed by atoms with E-state index in [1.807, 2.05) is 19.1 Å². The summed E-state index contributed by atoms with van der Waals surface area (Å²) in [6.45, 7) is 6.72. The van der Waals surface area contributed by atoms with Crippen molar-refractivity contribution in [3.63, 3.8) is 0 Å². The van der Waals surface area contributed by atoms with Gasteiger partial charge in [0.2, 0.25) is 0 Å². The van der Waals surface area contributed by atoms with Crippen LogP contribution in [0.3, 0.4) is 0 Å². The quantitative estimate of drug-likeness (QED) is 0.438. The van der Waals surface area contributed by atoms with Gasteiger partial charge in [0.1, 0.15) is 23.9 Å². The van der Waals surface area contributed by atoms with E-state index in [1.165, 1.54) is 24.0 Å². The number of esters is 1. The van der Waals surface area contributed by atoms with E-state index >= 15 is 0 Å². The molecule has 0 radical (unpaired) electrons. The van der Waals surface area contributed by atoms with Gasteiger partial charge in [-0.3, -0.25) is 4.79 Å². The Kier molecular flexibility index (Phi) is 6.38. The van der Waals surface area contributed by atoms with E-state index in [9.17, 15) is 4.79 Å². The molecule has 3 rings (SSSR count). The van der Waals surface area contributed by atoms with Crippen LogP contribution in [0.5, 0.6) is 17.2 Å². The van der Waals surface area contributed by atoms with Crippen molar-refractivity contribution in [2.24, 2.45) is 0 Å². The first-order chi connectivity index (χ1) is 13.2. The summed E-state index contributed by atoms with van der Waals surface area (Å²) in [4.78, 5) is 11.8. The Bertz CT molecular complexity index is 793. The van der Waals surface area contributed by atoms with Crippen molar-refractivity contribution in [1.82, 2.24) is 0 Å². The first-order valence-electron chi connectivity index (χ1n) is 9.87. The molecule has 1 aliphatic carbocycles. The Labute approximate surface area is 161 Å². The van der Waals surface area contributed by atoms with Gasteiger partial charge in [0, 0.05) is 6.42 Å². The lowest BCUT2D eigenvalue weighted by Crippen LogP contribution is -2.10. The maximum Gasteiger partial charge on any atom is 0.310 e. The van der Waals surface area contributed by atoms with E-state index in [0.29, 0.717) is 37.1 Å². The van der Waals surface area contributed by atoms with Crippen LogP contribution in [0.4, 0.5) is 0 Å². The summed E-state index contributed by atoms with van der Waals surface area (Å²) >= 11 is 0. The standard InChI is InChI=1S/C23H28O4/c1-4-16-10-13-21(18(14-16)17-11-12-17)26-15-19-20(25-6-3)8-7-9-22(19)27-23(24)5-2/h7-10,13-14,17H,4-6,11-12,15H2,1-3H3. The molecule has 0 amide bonds. The summed E-state index contributed by atoms with van der Waals surface area (Å²) in [5, 5.41) is 0. The van der Waals surface area contributed by atoms with Crippen molar-refractivity contribution in [3.05, 3.63) is 53.1 Å². The van der Waals surface area contributed by atoms with Crippen LogP contribution in [-0.2, 0) is 17.8 Å². The molecule has 144 valence electrons. The van der Waals surface area contributed by atoms with Crippen LogP contribution < -0.4 is 14.2 Å². The second-order valence-electron chi connectivity index (χ2n) is 6.78. The maximum atomic E-state index is 11.8. The van der Waals surface area contributed by atoms with Crippen LogP contribution in [0.2, 0.25) is 0 Å². The Hall–Kier alpha value is -2.49. The van der Waals surface area contributed by atoms with Crippen molar-refractivity contribution in [2.45, 2.75) is 59.0 Å². The largest absolute Gasteiger partial charge is 0.493 e. The fourth-order valence-corrected chi connectivity index (χ4v) is 3.08. The van der Waals surface area contributed by atoms with Gasteiger partial charge in [-0.25, -0.2) is 0 Å². The zero-order chi connectivity index (χ0) is 19.2.